The number of pyridine rings is 1. The molecule has 0 aliphatic heterocycles. The van der Waals surface area contributed by atoms with E-state index in [9.17, 15) is 5.11 Å². The minimum atomic E-state index is -0.0446. The highest BCUT2D eigenvalue weighted by molar-refractivity contribution is 5.81. The van der Waals surface area contributed by atoms with Crippen LogP contribution < -0.4 is 5.32 Å². The van der Waals surface area contributed by atoms with Gasteiger partial charge in [0.2, 0.25) is 0 Å². The van der Waals surface area contributed by atoms with Crippen molar-refractivity contribution in [1.82, 2.24) is 19.7 Å². The topological polar surface area (TPSA) is 75.9 Å². The van der Waals surface area contributed by atoms with Gasteiger partial charge >= 0.3 is 0 Å². The Balaban J connectivity index is 1.47. The van der Waals surface area contributed by atoms with E-state index in [0.717, 1.165) is 27.8 Å². The number of anilines is 1. The van der Waals surface area contributed by atoms with Crippen molar-refractivity contribution in [2.45, 2.75) is 19.7 Å². The first-order valence-electron chi connectivity index (χ1n) is 8.45. The Morgan fingerprint density at radius 1 is 1.00 bits per heavy atom. The number of aliphatic hydroxyl groups excluding tert-OH is 1. The van der Waals surface area contributed by atoms with E-state index in [1.165, 1.54) is 11.9 Å². The quantitative estimate of drug-likeness (QED) is 0.562. The summed E-state index contributed by atoms with van der Waals surface area (Å²) in [5.74, 6) is 0.720. The SMILES string of the molecule is OCc1cc2ccccc2nc1NCc1ccc(Cn2cncn2)cc1. The van der Waals surface area contributed by atoms with E-state index in [4.69, 9.17) is 0 Å². The zero-order valence-electron chi connectivity index (χ0n) is 14.2. The molecule has 6 heteroatoms. The minimum absolute atomic E-state index is 0.0446. The standard InChI is InChI=1S/C20H19N5O/c26-12-18-9-17-3-1-2-4-19(17)24-20(18)22-10-15-5-7-16(8-6-15)11-25-14-21-13-23-25/h1-9,13-14,26H,10-12H2,(H,22,24). The van der Waals surface area contributed by atoms with Crippen LogP contribution in [-0.4, -0.2) is 24.9 Å². The molecule has 26 heavy (non-hydrogen) atoms. The molecule has 0 aliphatic carbocycles. The van der Waals surface area contributed by atoms with E-state index in [2.05, 4.69) is 44.6 Å². The van der Waals surface area contributed by atoms with Gasteiger partial charge in [0.15, 0.2) is 0 Å². The van der Waals surface area contributed by atoms with Gasteiger partial charge < -0.3 is 10.4 Å². The monoisotopic (exact) mass is 345 g/mol. The number of aromatic nitrogens is 4. The first kappa shape index (κ1) is 16.2. The Kier molecular flexibility index (Phi) is 4.57. The molecule has 0 saturated heterocycles. The molecule has 0 amide bonds. The summed E-state index contributed by atoms with van der Waals surface area (Å²) in [5.41, 5.74) is 4.02. The molecule has 0 aliphatic rings. The fourth-order valence-corrected chi connectivity index (χ4v) is 2.88. The van der Waals surface area contributed by atoms with Crippen LogP contribution in [0.25, 0.3) is 10.9 Å². The van der Waals surface area contributed by atoms with Gasteiger partial charge in [0.1, 0.15) is 18.5 Å². The molecule has 4 aromatic rings. The average molecular weight is 345 g/mol. The minimum Gasteiger partial charge on any atom is -0.392 e. The van der Waals surface area contributed by atoms with E-state index in [0.29, 0.717) is 13.1 Å². The normalized spacial score (nSPS) is 11.0. The van der Waals surface area contributed by atoms with Gasteiger partial charge in [0.25, 0.3) is 0 Å². The van der Waals surface area contributed by atoms with E-state index in [-0.39, 0.29) is 6.61 Å². The molecular weight excluding hydrogens is 326 g/mol. The van der Waals surface area contributed by atoms with Crippen LogP contribution in [0.15, 0.2) is 67.3 Å². The third-order valence-corrected chi connectivity index (χ3v) is 4.27. The Labute approximate surface area is 151 Å². The zero-order valence-corrected chi connectivity index (χ0v) is 14.2. The van der Waals surface area contributed by atoms with Crippen molar-refractivity contribution in [3.63, 3.8) is 0 Å². The van der Waals surface area contributed by atoms with E-state index < -0.39 is 0 Å². The van der Waals surface area contributed by atoms with Gasteiger partial charge in [0, 0.05) is 17.5 Å². The highest BCUT2D eigenvalue weighted by atomic mass is 16.3. The Hall–Kier alpha value is -3.25. The molecule has 2 heterocycles. The molecule has 0 atom stereocenters. The summed E-state index contributed by atoms with van der Waals surface area (Å²) < 4.78 is 1.79. The molecule has 0 unspecified atom stereocenters. The smallest absolute Gasteiger partial charge is 0.137 e. The molecule has 4 rings (SSSR count). The molecule has 2 aromatic heterocycles. The van der Waals surface area contributed by atoms with Crippen LogP contribution in [0.2, 0.25) is 0 Å². The van der Waals surface area contributed by atoms with E-state index in [1.54, 1.807) is 11.0 Å². The molecule has 0 fully saturated rings. The highest BCUT2D eigenvalue weighted by Crippen LogP contribution is 2.21. The summed E-state index contributed by atoms with van der Waals surface area (Å²) in [6.45, 7) is 1.30. The highest BCUT2D eigenvalue weighted by Gasteiger charge is 2.06. The maximum Gasteiger partial charge on any atom is 0.137 e. The number of hydrogen-bond donors (Lipinski definition) is 2. The molecular formula is C20H19N5O. The summed E-state index contributed by atoms with van der Waals surface area (Å²) in [6.07, 6.45) is 3.24. The third-order valence-electron chi connectivity index (χ3n) is 4.27. The molecule has 0 saturated carbocycles. The number of nitrogens with one attached hydrogen (secondary N) is 1. The number of fused-ring (bicyclic) bond motifs is 1. The number of para-hydroxylation sites is 1. The van der Waals surface area contributed by atoms with E-state index in [1.807, 2.05) is 30.3 Å². The van der Waals surface area contributed by atoms with Crippen LogP contribution in [0, 0.1) is 0 Å². The van der Waals surface area contributed by atoms with Crippen LogP contribution in [-0.2, 0) is 19.7 Å². The number of rotatable bonds is 6. The third kappa shape index (κ3) is 3.55. The van der Waals surface area contributed by atoms with Gasteiger partial charge in [-0.2, -0.15) is 5.10 Å². The second kappa shape index (κ2) is 7.33. The van der Waals surface area contributed by atoms with Crippen LogP contribution >= 0.6 is 0 Å². The molecule has 6 nitrogen and oxygen atoms in total. The summed E-state index contributed by atoms with van der Waals surface area (Å²) >= 11 is 0. The van der Waals surface area contributed by atoms with Crippen LogP contribution in [0.5, 0.6) is 0 Å². The van der Waals surface area contributed by atoms with Crippen molar-refractivity contribution in [2.75, 3.05) is 5.32 Å². The van der Waals surface area contributed by atoms with Gasteiger partial charge in [-0.05, 0) is 23.3 Å². The summed E-state index contributed by atoms with van der Waals surface area (Å²) in [7, 11) is 0. The summed E-state index contributed by atoms with van der Waals surface area (Å²) in [5, 5.41) is 18.1. The van der Waals surface area contributed by atoms with Crippen molar-refractivity contribution in [3.05, 3.63) is 83.9 Å². The summed E-state index contributed by atoms with van der Waals surface area (Å²) in [4.78, 5) is 8.59. The number of hydrogen-bond acceptors (Lipinski definition) is 5. The van der Waals surface area contributed by atoms with Gasteiger partial charge in [-0.3, -0.25) is 0 Å². The molecule has 0 bridgehead atoms. The Morgan fingerprint density at radius 2 is 1.81 bits per heavy atom. The second-order valence-corrected chi connectivity index (χ2v) is 6.11. The molecule has 2 aromatic carbocycles. The molecule has 0 spiro atoms. The van der Waals surface area contributed by atoms with Crippen LogP contribution in [0.3, 0.4) is 0 Å². The fourth-order valence-electron chi connectivity index (χ4n) is 2.88. The van der Waals surface area contributed by atoms with Crippen molar-refractivity contribution < 1.29 is 5.11 Å². The van der Waals surface area contributed by atoms with Crippen molar-refractivity contribution in [3.8, 4) is 0 Å². The van der Waals surface area contributed by atoms with Gasteiger partial charge in [0.05, 0.1) is 18.7 Å². The predicted octanol–water partition coefficient (Wildman–Crippen LogP) is 2.98. The van der Waals surface area contributed by atoms with Crippen molar-refractivity contribution >= 4 is 16.7 Å². The zero-order chi connectivity index (χ0) is 17.8. The van der Waals surface area contributed by atoms with Crippen molar-refractivity contribution in [1.29, 1.82) is 0 Å². The molecule has 2 N–H and O–H groups in total. The summed E-state index contributed by atoms with van der Waals surface area (Å²) in [6, 6.07) is 18.2. The van der Waals surface area contributed by atoms with E-state index >= 15 is 0 Å². The molecule has 130 valence electrons. The maximum atomic E-state index is 9.64. The Morgan fingerprint density at radius 3 is 2.58 bits per heavy atom. The number of aliphatic hydroxyl groups is 1. The van der Waals surface area contributed by atoms with Crippen molar-refractivity contribution in [2.24, 2.45) is 0 Å². The average Bonchev–Trinajstić information content (AvgIpc) is 3.19. The number of nitrogens with zero attached hydrogens (tertiary/aromatic N) is 4. The second-order valence-electron chi connectivity index (χ2n) is 6.11. The first-order valence-corrected chi connectivity index (χ1v) is 8.45. The predicted molar refractivity (Wildman–Crippen MR) is 101 cm³/mol. The molecule has 0 radical (unpaired) electrons. The van der Waals surface area contributed by atoms with Gasteiger partial charge in [-0.15, -0.1) is 0 Å². The van der Waals surface area contributed by atoms with Gasteiger partial charge in [-0.1, -0.05) is 42.5 Å². The van der Waals surface area contributed by atoms with Crippen LogP contribution in [0.1, 0.15) is 16.7 Å². The lowest BCUT2D eigenvalue weighted by Crippen LogP contribution is -2.05. The largest absolute Gasteiger partial charge is 0.392 e. The number of benzene rings is 2. The lowest BCUT2D eigenvalue weighted by molar-refractivity contribution is 0.282. The first-order chi connectivity index (χ1) is 12.8. The lowest BCUT2D eigenvalue weighted by atomic mass is 10.1. The lowest BCUT2D eigenvalue weighted by Gasteiger charge is -2.12. The Bertz CT molecular complexity index is 997. The van der Waals surface area contributed by atoms with Crippen LogP contribution in [0.4, 0.5) is 5.82 Å². The van der Waals surface area contributed by atoms with Gasteiger partial charge in [-0.25, -0.2) is 14.6 Å². The fraction of sp³-hybridized carbons (Fsp3) is 0.150. The maximum absolute atomic E-state index is 9.64.